The lowest BCUT2D eigenvalue weighted by atomic mass is 10.0. The van der Waals surface area contributed by atoms with Crippen LogP contribution in [0.3, 0.4) is 0 Å². The van der Waals surface area contributed by atoms with Gasteiger partial charge < -0.3 is 5.73 Å². The zero-order valence-electron chi connectivity index (χ0n) is 10.1. The van der Waals surface area contributed by atoms with Crippen LogP contribution in [0.5, 0.6) is 0 Å². The fourth-order valence-corrected chi connectivity index (χ4v) is 2.96. The minimum atomic E-state index is 0.640. The molecule has 0 saturated carbocycles. The minimum absolute atomic E-state index is 0.640. The summed E-state index contributed by atoms with van der Waals surface area (Å²) in [6.07, 6.45) is 2.69. The fourth-order valence-electron chi connectivity index (χ4n) is 2.11. The highest BCUT2D eigenvalue weighted by Gasteiger charge is 2.08. The lowest BCUT2D eigenvalue weighted by Crippen LogP contribution is -1.90. The molecule has 0 saturated heterocycles. The highest BCUT2D eigenvalue weighted by atomic mass is 32.1. The Morgan fingerprint density at radius 3 is 2.89 bits per heavy atom. The molecule has 0 unspecified atom stereocenters. The van der Waals surface area contributed by atoms with Gasteiger partial charge in [0.25, 0.3) is 0 Å². The van der Waals surface area contributed by atoms with Gasteiger partial charge in [0.1, 0.15) is 0 Å². The standard InChI is InChI=1S/C14H13N3S/c1-9-13(18-14(15)17-9)8-10-4-2-6-12-11(10)5-3-7-16-12/h2-7H,8H2,1H3,(H2,15,17). The molecule has 0 bridgehead atoms. The molecule has 18 heavy (non-hydrogen) atoms. The van der Waals surface area contributed by atoms with Gasteiger partial charge in [0.05, 0.1) is 11.2 Å². The molecular weight excluding hydrogens is 242 g/mol. The predicted molar refractivity (Wildman–Crippen MR) is 75.8 cm³/mol. The summed E-state index contributed by atoms with van der Waals surface area (Å²) >= 11 is 1.56. The van der Waals surface area contributed by atoms with E-state index >= 15 is 0 Å². The van der Waals surface area contributed by atoms with E-state index < -0.39 is 0 Å². The second kappa shape index (κ2) is 4.38. The number of anilines is 1. The van der Waals surface area contributed by atoms with Gasteiger partial charge >= 0.3 is 0 Å². The molecule has 2 heterocycles. The summed E-state index contributed by atoms with van der Waals surface area (Å²) < 4.78 is 0. The van der Waals surface area contributed by atoms with Crippen molar-refractivity contribution in [3.05, 3.63) is 52.7 Å². The number of rotatable bonds is 2. The molecule has 0 aliphatic carbocycles. The van der Waals surface area contributed by atoms with E-state index in [1.165, 1.54) is 15.8 Å². The number of benzene rings is 1. The molecule has 3 rings (SSSR count). The molecule has 0 amide bonds. The average molecular weight is 255 g/mol. The number of nitrogen functional groups attached to an aromatic ring is 1. The summed E-state index contributed by atoms with van der Waals surface area (Å²) in [6.45, 7) is 2.01. The molecule has 90 valence electrons. The van der Waals surface area contributed by atoms with E-state index in [4.69, 9.17) is 5.73 Å². The zero-order chi connectivity index (χ0) is 12.5. The van der Waals surface area contributed by atoms with E-state index in [1.54, 1.807) is 11.3 Å². The summed E-state index contributed by atoms with van der Waals surface area (Å²) in [5.41, 5.74) is 9.07. The van der Waals surface area contributed by atoms with Crippen molar-refractivity contribution in [1.29, 1.82) is 0 Å². The molecule has 0 atom stereocenters. The monoisotopic (exact) mass is 255 g/mol. The predicted octanol–water partition coefficient (Wildman–Crippen LogP) is 3.17. The Morgan fingerprint density at radius 1 is 1.22 bits per heavy atom. The van der Waals surface area contributed by atoms with E-state index in [0.29, 0.717) is 5.13 Å². The van der Waals surface area contributed by atoms with Crippen molar-refractivity contribution < 1.29 is 0 Å². The Labute approximate surface area is 109 Å². The molecule has 3 nitrogen and oxygen atoms in total. The molecule has 4 heteroatoms. The van der Waals surface area contributed by atoms with Crippen LogP contribution in [-0.2, 0) is 6.42 Å². The number of nitrogens with two attached hydrogens (primary N) is 1. The van der Waals surface area contributed by atoms with Crippen LogP contribution in [0.25, 0.3) is 10.9 Å². The number of thiazole rings is 1. The van der Waals surface area contributed by atoms with Crippen LogP contribution in [0.2, 0.25) is 0 Å². The molecule has 2 N–H and O–H groups in total. The Hall–Kier alpha value is -1.94. The van der Waals surface area contributed by atoms with Crippen LogP contribution in [0, 0.1) is 6.92 Å². The summed E-state index contributed by atoms with van der Waals surface area (Å²) in [6, 6.07) is 10.3. The highest BCUT2D eigenvalue weighted by molar-refractivity contribution is 7.15. The maximum Gasteiger partial charge on any atom is 0.180 e. The normalized spacial score (nSPS) is 10.9. The largest absolute Gasteiger partial charge is 0.375 e. The number of fused-ring (bicyclic) bond motifs is 1. The minimum Gasteiger partial charge on any atom is -0.375 e. The topological polar surface area (TPSA) is 51.8 Å². The van der Waals surface area contributed by atoms with Crippen LogP contribution in [0.1, 0.15) is 16.1 Å². The molecule has 0 radical (unpaired) electrons. The van der Waals surface area contributed by atoms with E-state index in [0.717, 1.165) is 17.6 Å². The number of aryl methyl sites for hydroxylation is 1. The van der Waals surface area contributed by atoms with Crippen molar-refractivity contribution in [2.75, 3.05) is 5.73 Å². The second-order valence-corrected chi connectivity index (χ2v) is 5.34. The number of hydrogen-bond donors (Lipinski definition) is 1. The Bertz CT molecular complexity index is 698. The highest BCUT2D eigenvalue weighted by Crippen LogP contribution is 2.26. The Balaban J connectivity index is 2.07. The van der Waals surface area contributed by atoms with Gasteiger partial charge in [0.2, 0.25) is 0 Å². The summed E-state index contributed by atoms with van der Waals surface area (Å²) in [5.74, 6) is 0. The quantitative estimate of drug-likeness (QED) is 0.765. The lowest BCUT2D eigenvalue weighted by molar-refractivity contribution is 1.16. The van der Waals surface area contributed by atoms with Crippen molar-refractivity contribution in [2.24, 2.45) is 0 Å². The van der Waals surface area contributed by atoms with Gasteiger partial charge in [-0.05, 0) is 24.6 Å². The molecule has 0 fully saturated rings. The van der Waals surface area contributed by atoms with Crippen molar-refractivity contribution >= 4 is 27.4 Å². The van der Waals surface area contributed by atoms with Gasteiger partial charge in [0, 0.05) is 22.9 Å². The number of hydrogen-bond acceptors (Lipinski definition) is 4. The van der Waals surface area contributed by atoms with Crippen LogP contribution in [-0.4, -0.2) is 9.97 Å². The smallest absolute Gasteiger partial charge is 0.180 e. The first-order valence-electron chi connectivity index (χ1n) is 5.78. The van der Waals surface area contributed by atoms with Crippen LogP contribution in [0.15, 0.2) is 36.5 Å². The third kappa shape index (κ3) is 1.95. The first-order valence-corrected chi connectivity index (χ1v) is 6.60. The van der Waals surface area contributed by atoms with Gasteiger partial charge in [-0.1, -0.05) is 18.2 Å². The number of nitrogens with zero attached hydrogens (tertiary/aromatic N) is 2. The lowest BCUT2D eigenvalue weighted by Gasteiger charge is -2.04. The van der Waals surface area contributed by atoms with Gasteiger partial charge in [-0.2, -0.15) is 0 Å². The average Bonchev–Trinajstić information content (AvgIpc) is 2.68. The summed E-state index contributed by atoms with van der Waals surface area (Å²) in [7, 11) is 0. The molecule has 3 aromatic rings. The SMILES string of the molecule is Cc1nc(N)sc1Cc1cccc2ncccc12. The van der Waals surface area contributed by atoms with Crippen molar-refractivity contribution in [3.63, 3.8) is 0 Å². The third-order valence-corrected chi connectivity index (χ3v) is 3.98. The van der Waals surface area contributed by atoms with Crippen LogP contribution in [0.4, 0.5) is 5.13 Å². The molecule has 0 spiro atoms. The van der Waals surface area contributed by atoms with E-state index in [1.807, 2.05) is 31.3 Å². The number of aromatic nitrogens is 2. The first kappa shape index (κ1) is 11.2. The van der Waals surface area contributed by atoms with Crippen molar-refractivity contribution in [2.45, 2.75) is 13.3 Å². The molecule has 1 aromatic carbocycles. The first-order chi connectivity index (χ1) is 8.74. The van der Waals surface area contributed by atoms with E-state index in [2.05, 4.69) is 22.1 Å². The van der Waals surface area contributed by atoms with Crippen molar-refractivity contribution in [1.82, 2.24) is 9.97 Å². The van der Waals surface area contributed by atoms with Gasteiger partial charge in [-0.15, -0.1) is 11.3 Å². The van der Waals surface area contributed by atoms with E-state index in [-0.39, 0.29) is 0 Å². The maximum absolute atomic E-state index is 5.74. The van der Waals surface area contributed by atoms with Gasteiger partial charge in [0.15, 0.2) is 5.13 Å². The van der Waals surface area contributed by atoms with Gasteiger partial charge in [-0.25, -0.2) is 4.98 Å². The van der Waals surface area contributed by atoms with Gasteiger partial charge in [-0.3, -0.25) is 4.98 Å². The molecule has 2 aromatic heterocycles. The molecule has 0 aliphatic heterocycles. The summed E-state index contributed by atoms with van der Waals surface area (Å²) in [5, 5.41) is 1.84. The zero-order valence-corrected chi connectivity index (χ0v) is 10.9. The second-order valence-electron chi connectivity index (χ2n) is 4.22. The molecule has 0 aliphatic rings. The van der Waals surface area contributed by atoms with Crippen LogP contribution >= 0.6 is 11.3 Å². The summed E-state index contributed by atoms with van der Waals surface area (Å²) in [4.78, 5) is 9.87. The fraction of sp³-hybridized carbons (Fsp3) is 0.143. The Morgan fingerprint density at radius 2 is 2.11 bits per heavy atom. The number of pyridine rings is 1. The van der Waals surface area contributed by atoms with E-state index in [9.17, 15) is 0 Å². The van der Waals surface area contributed by atoms with Crippen LogP contribution < -0.4 is 5.73 Å². The third-order valence-electron chi connectivity index (χ3n) is 3.00. The molecular formula is C14H13N3S. The van der Waals surface area contributed by atoms with Crippen molar-refractivity contribution in [3.8, 4) is 0 Å². The Kier molecular flexibility index (Phi) is 2.72. The maximum atomic E-state index is 5.74.